The quantitative estimate of drug-likeness (QED) is 0.808. The minimum atomic E-state index is 0.746. The highest BCUT2D eigenvalue weighted by atomic mass is 79.9. The maximum Gasteiger partial charge on any atom is 0.0701 e. The van der Waals surface area contributed by atoms with E-state index in [0.29, 0.717) is 0 Å². The van der Waals surface area contributed by atoms with Crippen LogP contribution in [-0.2, 0) is 6.54 Å². The molecule has 1 aliphatic rings. The maximum atomic E-state index is 3.50. The fourth-order valence-corrected chi connectivity index (χ4v) is 3.31. The van der Waals surface area contributed by atoms with E-state index in [1.165, 1.54) is 21.5 Å². The largest absolute Gasteiger partial charge is 0.298 e. The Morgan fingerprint density at radius 1 is 1.57 bits per heavy atom. The van der Waals surface area contributed by atoms with Crippen molar-refractivity contribution in [1.82, 2.24) is 4.90 Å². The Kier molecular flexibility index (Phi) is 3.30. The summed E-state index contributed by atoms with van der Waals surface area (Å²) in [7, 11) is 2.23. The van der Waals surface area contributed by atoms with E-state index < -0.39 is 0 Å². The predicted octanol–water partition coefficient (Wildman–Crippen LogP) is 3.74. The van der Waals surface area contributed by atoms with Crippen LogP contribution in [0.25, 0.3) is 0 Å². The molecular formula is C11H16BrNS. The number of rotatable bonds is 4. The summed E-state index contributed by atoms with van der Waals surface area (Å²) in [6, 6.07) is 5.09. The highest BCUT2D eigenvalue weighted by Crippen LogP contribution is 2.35. The predicted molar refractivity (Wildman–Crippen MR) is 65.7 cm³/mol. The molecule has 0 bridgehead atoms. The topological polar surface area (TPSA) is 3.24 Å². The third kappa shape index (κ3) is 2.59. The van der Waals surface area contributed by atoms with Crippen LogP contribution in [-0.4, -0.2) is 18.0 Å². The van der Waals surface area contributed by atoms with E-state index in [9.17, 15) is 0 Å². The van der Waals surface area contributed by atoms with Gasteiger partial charge in [-0.15, -0.1) is 11.3 Å². The molecule has 0 radical (unpaired) electrons. The van der Waals surface area contributed by atoms with E-state index in [1.807, 2.05) is 11.3 Å². The van der Waals surface area contributed by atoms with Gasteiger partial charge in [0.15, 0.2) is 0 Å². The smallest absolute Gasteiger partial charge is 0.0701 e. The first-order valence-electron chi connectivity index (χ1n) is 5.11. The Balaban J connectivity index is 1.89. The normalized spacial score (nSPS) is 18.9. The van der Waals surface area contributed by atoms with Crippen LogP contribution in [0.2, 0.25) is 0 Å². The van der Waals surface area contributed by atoms with Crippen molar-refractivity contribution in [2.24, 2.45) is 5.92 Å². The van der Waals surface area contributed by atoms with Gasteiger partial charge in [-0.05, 0) is 60.8 Å². The van der Waals surface area contributed by atoms with Crippen molar-refractivity contribution in [3.8, 4) is 0 Å². The van der Waals surface area contributed by atoms with Crippen LogP contribution in [0, 0.1) is 5.92 Å². The highest BCUT2D eigenvalue weighted by Gasteiger charge is 2.30. The first-order chi connectivity index (χ1) is 6.66. The zero-order valence-corrected chi connectivity index (χ0v) is 11.1. The molecular weight excluding hydrogens is 258 g/mol. The number of hydrogen-bond acceptors (Lipinski definition) is 2. The molecule has 1 aromatic heterocycles. The Morgan fingerprint density at radius 3 is 2.79 bits per heavy atom. The van der Waals surface area contributed by atoms with Gasteiger partial charge in [-0.2, -0.15) is 0 Å². The fraction of sp³-hybridized carbons (Fsp3) is 0.636. The lowest BCUT2D eigenvalue weighted by molar-refractivity contribution is 0.228. The molecule has 1 aromatic rings. The summed E-state index contributed by atoms with van der Waals surface area (Å²) in [5, 5.41) is 0. The molecule has 1 atom stereocenters. The molecule has 0 N–H and O–H groups in total. The number of halogens is 1. The number of thiophene rings is 1. The summed E-state index contributed by atoms with van der Waals surface area (Å²) in [5.74, 6) is 0.961. The Labute approximate surface area is 98.2 Å². The summed E-state index contributed by atoms with van der Waals surface area (Å²) in [5.41, 5.74) is 0. The summed E-state index contributed by atoms with van der Waals surface area (Å²) >= 11 is 5.34. The van der Waals surface area contributed by atoms with Crippen molar-refractivity contribution in [2.75, 3.05) is 7.05 Å². The van der Waals surface area contributed by atoms with Crippen molar-refractivity contribution in [1.29, 1.82) is 0 Å². The Hall–Kier alpha value is 0.140. The van der Waals surface area contributed by atoms with E-state index in [1.54, 1.807) is 0 Å². The summed E-state index contributed by atoms with van der Waals surface area (Å²) < 4.78 is 1.24. The average molecular weight is 274 g/mol. The monoisotopic (exact) mass is 273 g/mol. The minimum absolute atomic E-state index is 0.746. The van der Waals surface area contributed by atoms with Crippen LogP contribution in [0.5, 0.6) is 0 Å². The second-order valence-corrected chi connectivity index (χ2v) is 6.75. The summed E-state index contributed by atoms with van der Waals surface area (Å²) in [4.78, 5) is 3.92. The average Bonchev–Trinajstić information content (AvgIpc) is 2.91. The Bertz CT molecular complexity index is 306. The fourth-order valence-electron chi connectivity index (χ4n) is 1.77. The van der Waals surface area contributed by atoms with Crippen LogP contribution in [0.3, 0.4) is 0 Å². The lowest BCUT2D eigenvalue weighted by atomic mass is 10.2. The molecule has 0 amide bonds. The van der Waals surface area contributed by atoms with E-state index in [2.05, 4.69) is 46.9 Å². The maximum absolute atomic E-state index is 3.50. The molecule has 0 aliphatic heterocycles. The Morgan fingerprint density at radius 2 is 2.29 bits per heavy atom. The standard InChI is InChI=1S/C11H16BrNS/c1-8(9-3-4-9)13(2)7-10-5-6-11(12)14-10/h5-6,8-9H,3-4,7H2,1-2H3. The molecule has 3 heteroatoms. The molecule has 14 heavy (non-hydrogen) atoms. The van der Waals surface area contributed by atoms with Gasteiger partial charge in [0, 0.05) is 17.5 Å². The van der Waals surface area contributed by atoms with Crippen LogP contribution >= 0.6 is 27.3 Å². The molecule has 1 nitrogen and oxygen atoms in total. The van der Waals surface area contributed by atoms with Gasteiger partial charge in [0.2, 0.25) is 0 Å². The summed E-state index contributed by atoms with van der Waals surface area (Å²) in [6.07, 6.45) is 2.86. The van der Waals surface area contributed by atoms with E-state index >= 15 is 0 Å². The second-order valence-electron chi connectivity index (χ2n) is 4.20. The van der Waals surface area contributed by atoms with Crippen LogP contribution in [0.15, 0.2) is 15.9 Å². The van der Waals surface area contributed by atoms with E-state index in [4.69, 9.17) is 0 Å². The molecule has 2 rings (SSSR count). The van der Waals surface area contributed by atoms with Gasteiger partial charge in [0.25, 0.3) is 0 Å². The minimum Gasteiger partial charge on any atom is -0.298 e. The van der Waals surface area contributed by atoms with Crippen LogP contribution < -0.4 is 0 Å². The molecule has 0 saturated heterocycles. The first-order valence-corrected chi connectivity index (χ1v) is 6.72. The van der Waals surface area contributed by atoms with Crippen molar-refractivity contribution in [3.63, 3.8) is 0 Å². The van der Waals surface area contributed by atoms with E-state index in [0.717, 1.165) is 18.5 Å². The summed E-state index contributed by atoms with van der Waals surface area (Å²) in [6.45, 7) is 3.44. The van der Waals surface area contributed by atoms with Gasteiger partial charge < -0.3 is 0 Å². The molecule has 0 spiro atoms. The van der Waals surface area contributed by atoms with Crippen LogP contribution in [0.4, 0.5) is 0 Å². The molecule has 1 unspecified atom stereocenters. The molecule has 1 heterocycles. The SMILES string of the molecule is CC(C1CC1)N(C)Cc1ccc(Br)s1. The third-order valence-electron chi connectivity index (χ3n) is 3.03. The third-order valence-corrected chi connectivity index (χ3v) is 4.64. The van der Waals surface area contributed by atoms with Crippen molar-refractivity contribution >= 4 is 27.3 Å². The first kappa shape index (κ1) is 10.7. The molecule has 1 aliphatic carbocycles. The highest BCUT2D eigenvalue weighted by molar-refractivity contribution is 9.11. The molecule has 78 valence electrons. The number of nitrogens with zero attached hydrogens (tertiary/aromatic N) is 1. The van der Waals surface area contributed by atoms with Crippen molar-refractivity contribution in [2.45, 2.75) is 32.4 Å². The van der Waals surface area contributed by atoms with Gasteiger partial charge >= 0.3 is 0 Å². The number of hydrogen-bond donors (Lipinski definition) is 0. The second kappa shape index (κ2) is 4.33. The van der Waals surface area contributed by atoms with Gasteiger partial charge in [0.05, 0.1) is 3.79 Å². The van der Waals surface area contributed by atoms with Gasteiger partial charge in [-0.25, -0.2) is 0 Å². The zero-order valence-electron chi connectivity index (χ0n) is 8.66. The molecule has 0 aromatic carbocycles. The van der Waals surface area contributed by atoms with Gasteiger partial charge in [-0.1, -0.05) is 0 Å². The van der Waals surface area contributed by atoms with Gasteiger partial charge in [0.1, 0.15) is 0 Å². The molecule has 1 saturated carbocycles. The molecule has 1 fully saturated rings. The lowest BCUT2D eigenvalue weighted by Crippen LogP contribution is -2.29. The van der Waals surface area contributed by atoms with Gasteiger partial charge in [-0.3, -0.25) is 4.90 Å². The van der Waals surface area contributed by atoms with Crippen molar-refractivity contribution < 1.29 is 0 Å². The van der Waals surface area contributed by atoms with E-state index in [-0.39, 0.29) is 0 Å². The van der Waals surface area contributed by atoms with Crippen molar-refractivity contribution in [3.05, 3.63) is 20.8 Å². The zero-order chi connectivity index (χ0) is 10.1. The lowest BCUT2D eigenvalue weighted by Gasteiger charge is -2.23. The van der Waals surface area contributed by atoms with Crippen LogP contribution in [0.1, 0.15) is 24.6 Å².